The molecule has 0 amide bonds. The molecule has 110 valence electrons. The second kappa shape index (κ2) is 5.44. The van der Waals surface area contributed by atoms with E-state index in [9.17, 15) is 15.0 Å². The molecule has 0 spiro atoms. The van der Waals surface area contributed by atoms with E-state index < -0.39 is 12.0 Å². The smallest absolute Gasteiger partial charge is 0.320 e. The molecule has 3 atom stereocenters. The van der Waals surface area contributed by atoms with Gasteiger partial charge in [0.2, 0.25) is 0 Å². The molecule has 3 N–H and O–H groups in total. The van der Waals surface area contributed by atoms with Crippen LogP contribution in [0.4, 0.5) is 0 Å². The maximum Gasteiger partial charge on any atom is 0.320 e. The summed E-state index contributed by atoms with van der Waals surface area (Å²) >= 11 is 0. The summed E-state index contributed by atoms with van der Waals surface area (Å²) in [6.45, 7) is 7.94. The molecular weight excluding hydrogens is 254 g/mol. The van der Waals surface area contributed by atoms with Crippen LogP contribution < -0.4 is 5.32 Å². The quantitative estimate of drug-likeness (QED) is 0.791. The van der Waals surface area contributed by atoms with Crippen LogP contribution in [0.1, 0.15) is 55.8 Å². The molecule has 0 heterocycles. The SMILES string of the molecule is Cc1ccc(O)c2c1C(C)CC2NC(C(=O)O)C(C)C. The predicted octanol–water partition coefficient (Wildman–Crippen LogP) is 2.95. The molecule has 0 saturated heterocycles. The van der Waals surface area contributed by atoms with Crippen molar-refractivity contribution in [1.82, 2.24) is 5.32 Å². The number of phenolic OH excluding ortho intramolecular Hbond substituents is 1. The van der Waals surface area contributed by atoms with Crippen LogP contribution in [0.3, 0.4) is 0 Å². The summed E-state index contributed by atoms with van der Waals surface area (Å²) in [5, 5.41) is 22.7. The minimum atomic E-state index is -0.840. The van der Waals surface area contributed by atoms with E-state index in [4.69, 9.17) is 0 Å². The number of carbonyl (C=O) groups is 1. The lowest BCUT2D eigenvalue weighted by Gasteiger charge is -2.24. The van der Waals surface area contributed by atoms with Gasteiger partial charge in [-0.2, -0.15) is 0 Å². The third-order valence-corrected chi connectivity index (χ3v) is 4.23. The van der Waals surface area contributed by atoms with Gasteiger partial charge in [-0.05, 0) is 42.4 Å². The number of aromatic hydroxyl groups is 1. The van der Waals surface area contributed by atoms with E-state index >= 15 is 0 Å². The number of aliphatic carboxylic acids is 1. The van der Waals surface area contributed by atoms with Crippen molar-refractivity contribution in [3.8, 4) is 5.75 Å². The molecule has 0 saturated carbocycles. The molecular formula is C16H23NO3. The Bertz CT molecular complexity index is 525. The van der Waals surface area contributed by atoms with Crippen LogP contribution in [0.2, 0.25) is 0 Å². The largest absolute Gasteiger partial charge is 0.508 e. The number of hydrogen-bond acceptors (Lipinski definition) is 3. The van der Waals surface area contributed by atoms with Gasteiger partial charge in [0.05, 0.1) is 0 Å². The summed E-state index contributed by atoms with van der Waals surface area (Å²) < 4.78 is 0. The van der Waals surface area contributed by atoms with Gasteiger partial charge in [-0.25, -0.2) is 0 Å². The molecule has 20 heavy (non-hydrogen) atoms. The number of rotatable bonds is 4. The summed E-state index contributed by atoms with van der Waals surface area (Å²) in [4.78, 5) is 11.3. The van der Waals surface area contributed by atoms with Crippen LogP contribution in [-0.4, -0.2) is 22.2 Å². The molecule has 4 nitrogen and oxygen atoms in total. The van der Waals surface area contributed by atoms with Crippen LogP contribution in [-0.2, 0) is 4.79 Å². The molecule has 0 aliphatic heterocycles. The number of benzene rings is 1. The fraction of sp³-hybridized carbons (Fsp3) is 0.562. The van der Waals surface area contributed by atoms with Gasteiger partial charge < -0.3 is 10.2 Å². The van der Waals surface area contributed by atoms with Crippen molar-refractivity contribution in [2.45, 2.75) is 52.1 Å². The van der Waals surface area contributed by atoms with Crippen molar-refractivity contribution in [3.05, 3.63) is 28.8 Å². The van der Waals surface area contributed by atoms with Gasteiger partial charge in [0, 0.05) is 11.6 Å². The highest BCUT2D eigenvalue weighted by molar-refractivity contribution is 5.74. The Labute approximate surface area is 119 Å². The van der Waals surface area contributed by atoms with Crippen molar-refractivity contribution in [2.75, 3.05) is 0 Å². The number of hydrogen-bond donors (Lipinski definition) is 3. The molecule has 0 aromatic heterocycles. The van der Waals surface area contributed by atoms with E-state index in [0.717, 1.165) is 23.1 Å². The normalized spacial score (nSPS) is 22.9. The first-order chi connectivity index (χ1) is 9.32. The summed E-state index contributed by atoms with van der Waals surface area (Å²) in [5.41, 5.74) is 3.20. The van der Waals surface area contributed by atoms with Gasteiger partial charge >= 0.3 is 5.97 Å². The number of carboxylic acid groups (broad SMARTS) is 1. The van der Waals surface area contributed by atoms with Crippen molar-refractivity contribution >= 4 is 5.97 Å². The maximum absolute atomic E-state index is 11.3. The molecule has 0 bridgehead atoms. The van der Waals surface area contributed by atoms with Gasteiger partial charge in [0.25, 0.3) is 0 Å². The lowest BCUT2D eigenvalue weighted by Crippen LogP contribution is -2.42. The number of nitrogens with one attached hydrogen (secondary N) is 1. The van der Waals surface area contributed by atoms with Crippen molar-refractivity contribution in [2.24, 2.45) is 5.92 Å². The van der Waals surface area contributed by atoms with E-state index in [-0.39, 0.29) is 17.7 Å². The second-order valence-corrected chi connectivity index (χ2v) is 6.14. The topological polar surface area (TPSA) is 69.6 Å². The van der Waals surface area contributed by atoms with Crippen LogP contribution in [0.5, 0.6) is 5.75 Å². The van der Waals surface area contributed by atoms with Crippen LogP contribution in [0.25, 0.3) is 0 Å². The Morgan fingerprint density at radius 1 is 1.35 bits per heavy atom. The van der Waals surface area contributed by atoms with Crippen molar-refractivity contribution in [1.29, 1.82) is 0 Å². The molecule has 1 aromatic carbocycles. The minimum Gasteiger partial charge on any atom is -0.508 e. The molecule has 1 aromatic rings. The van der Waals surface area contributed by atoms with E-state index in [1.807, 2.05) is 26.8 Å². The third kappa shape index (κ3) is 2.52. The summed E-state index contributed by atoms with van der Waals surface area (Å²) in [7, 11) is 0. The zero-order chi connectivity index (χ0) is 15.0. The number of phenols is 1. The van der Waals surface area contributed by atoms with E-state index in [1.54, 1.807) is 6.07 Å². The second-order valence-electron chi connectivity index (χ2n) is 6.14. The van der Waals surface area contributed by atoms with Gasteiger partial charge in [-0.15, -0.1) is 0 Å². The van der Waals surface area contributed by atoms with Gasteiger partial charge in [-0.3, -0.25) is 10.1 Å². The van der Waals surface area contributed by atoms with Crippen LogP contribution in [0, 0.1) is 12.8 Å². The van der Waals surface area contributed by atoms with Crippen LogP contribution in [0.15, 0.2) is 12.1 Å². The zero-order valence-corrected chi connectivity index (χ0v) is 12.5. The van der Waals surface area contributed by atoms with Gasteiger partial charge in [0.15, 0.2) is 0 Å². The Morgan fingerprint density at radius 2 is 2.00 bits per heavy atom. The molecule has 1 aliphatic carbocycles. The average molecular weight is 277 g/mol. The Hall–Kier alpha value is -1.55. The molecule has 3 unspecified atom stereocenters. The van der Waals surface area contributed by atoms with E-state index in [1.165, 1.54) is 0 Å². The van der Waals surface area contributed by atoms with E-state index in [2.05, 4.69) is 12.2 Å². The molecule has 2 rings (SSSR count). The summed E-state index contributed by atoms with van der Waals surface area (Å²) in [6, 6.07) is 2.93. The zero-order valence-electron chi connectivity index (χ0n) is 12.5. The fourth-order valence-corrected chi connectivity index (χ4v) is 3.26. The first kappa shape index (κ1) is 14.9. The molecule has 1 aliphatic rings. The minimum absolute atomic E-state index is 0.00110. The Kier molecular flexibility index (Phi) is 4.04. The molecule has 0 fully saturated rings. The van der Waals surface area contributed by atoms with Gasteiger partial charge in [-0.1, -0.05) is 26.8 Å². The third-order valence-electron chi connectivity index (χ3n) is 4.23. The number of aryl methyl sites for hydroxylation is 1. The fourth-order valence-electron chi connectivity index (χ4n) is 3.26. The van der Waals surface area contributed by atoms with Crippen molar-refractivity contribution < 1.29 is 15.0 Å². The molecule has 4 heteroatoms. The first-order valence-corrected chi connectivity index (χ1v) is 7.14. The highest BCUT2D eigenvalue weighted by Crippen LogP contribution is 2.46. The lowest BCUT2D eigenvalue weighted by atomic mass is 9.97. The van der Waals surface area contributed by atoms with Crippen molar-refractivity contribution in [3.63, 3.8) is 0 Å². The Morgan fingerprint density at radius 3 is 2.55 bits per heavy atom. The first-order valence-electron chi connectivity index (χ1n) is 7.14. The van der Waals surface area contributed by atoms with E-state index in [0.29, 0.717) is 5.92 Å². The standard InChI is InChI=1S/C16H23NO3/c1-8(2)15(16(19)20)17-11-7-10(4)13-9(3)5-6-12(18)14(11)13/h5-6,8,10-11,15,17-18H,7H2,1-4H3,(H,19,20). The summed E-state index contributed by atoms with van der Waals surface area (Å²) in [5.74, 6) is -0.247. The number of carboxylic acids is 1. The number of fused-ring (bicyclic) bond motifs is 1. The molecule has 0 radical (unpaired) electrons. The Balaban J connectivity index is 2.35. The average Bonchev–Trinajstić information content (AvgIpc) is 2.68. The summed E-state index contributed by atoms with van der Waals surface area (Å²) in [6.07, 6.45) is 0.824. The lowest BCUT2D eigenvalue weighted by molar-refractivity contribution is -0.140. The van der Waals surface area contributed by atoms with Crippen LogP contribution >= 0.6 is 0 Å². The highest BCUT2D eigenvalue weighted by Gasteiger charge is 2.35. The van der Waals surface area contributed by atoms with Gasteiger partial charge in [0.1, 0.15) is 11.8 Å². The maximum atomic E-state index is 11.3. The predicted molar refractivity (Wildman–Crippen MR) is 78.0 cm³/mol. The highest BCUT2D eigenvalue weighted by atomic mass is 16.4. The monoisotopic (exact) mass is 277 g/mol.